The van der Waals surface area contributed by atoms with Gasteiger partial charge in [-0.2, -0.15) is 0 Å². The van der Waals surface area contributed by atoms with Crippen LogP contribution in [0.25, 0.3) is 6.08 Å². The lowest BCUT2D eigenvalue weighted by Crippen LogP contribution is -2.16. The molecule has 0 unspecified atom stereocenters. The fourth-order valence-electron chi connectivity index (χ4n) is 1.87. The van der Waals surface area contributed by atoms with Crippen molar-refractivity contribution in [1.29, 1.82) is 0 Å². The quantitative estimate of drug-likeness (QED) is 0.794. The summed E-state index contributed by atoms with van der Waals surface area (Å²) >= 11 is 5.01. The number of hydrogen-bond acceptors (Lipinski definition) is 3. The van der Waals surface area contributed by atoms with Crippen molar-refractivity contribution in [2.45, 2.75) is 6.54 Å². The molecule has 1 aromatic heterocycles. The Bertz CT molecular complexity index is 684. The Morgan fingerprint density at radius 1 is 1.43 bits per heavy atom. The van der Waals surface area contributed by atoms with Gasteiger partial charge >= 0.3 is 5.97 Å². The monoisotopic (exact) mass is 369 g/mol. The van der Waals surface area contributed by atoms with Gasteiger partial charge in [0.05, 0.1) is 3.79 Å². The number of benzene rings is 1. The maximum Gasteiger partial charge on any atom is 0.328 e. The summed E-state index contributed by atoms with van der Waals surface area (Å²) in [5.74, 6) is -1.45. The summed E-state index contributed by atoms with van der Waals surface area (Å²) in [4.78, 5) is 12.4. The summed E-state index contributed by atoms with van der Waals surface area (Å²) in [7, 11) is 1.87. The summed E-state index contributed by atoms with van der Waals surface area (Å²) < 4.78 is 14.7. The first-order chi connectivity index (χ1) is 9.94. The van der Waals surface area contributed by atoms with Crippen LogP contribution in [-0.4, -0.2) is 18.1 Å². The number of carboxylic acid groups (broad SMARTS) is 1. The van der Waals surface area contributed by atoms with Gasteiger partial charge in [-0.15, -0.1) is 11.3 Å². The van der Waals surface area contributed by atoms with Crippen LogP contribution in [0.4, 0.5) is 10.1 Å². The molecule has 1 aromatic carbocycles. The van der Waals surface area contributed by atoms with Gasteiger partial charge in [0, 0.05) is 25.4 Å². The minimum atomic E-state index is -1.06. The lowest BCUT2D eigenvalue weighted by atomic mass is 10.1. The van der Waals surface area contributed by atoms with Gasteiger partial charge in [0.25, 0.3) is 0 Å². The van der Waals surface area contributed by atoms with Gasteiger partial charge in [-0.05, 0) is 62.8 Å². The molecule has 0 aliphatic carbocycles. The fourth-order valence-corrected chi connectivity index (χ4v) is 3.07. The lowest BCUT2D eigenvalue weighted by Gasteiger charge is -2.19. The molecule has 2 aromatic rings. The van der Waals surface area contributed by atoms with Crippen molar-refractivity contribution in [3.05, 3.63) is 56.5 Å². The van der Waals surface area contributed by atoms with Gasteiger partial charge in [-0.3, -0.25) is 0 Å². The van der Waals surface area contributed by atoms with Crippen molar-refractivity contribution in [2.75, 3.05) is 11.9 Å². The molecular weight excluding hydrogens is 357 g/mol. The van der Waals surface area contributed by atoms with Crippen LogP contribution in [0.15, 0.2) is 39.5 Å². The van der Waals surface area contributed by atoms with Crippen molar-refractivity contribution in [1.82, 2.24) is 0 Å². The number of carbonyl (C=O) groups is 1. The molecule has 0 bridgehead atoms. The number of nitrogens with zero attached hydrogens (tertiary/aromatic N) is 1. The van der Waals surface area contributed by atoms with Gasteiger partial charge in [0.1, 0.15) is 5.82 Å². The molecular formula is C15H13BrFNO2S. The Balaban J connectivity index is 2.20. The molecule has 0 aliphatic heterocycles. The second kappa shape index (κ2) is 6.87. The SMILES string of the molecule is CN(Cc1csc(Br)c1)c1cc(F)cc(/C=C/C(=O)O)c1. The van der Waals surface area contributed by atoms with E-state index < -0.39 is 11.8 Å². The van der Waals surface area contributed by atoms with Gasteiger partial charge in [0.2, 0.25) is 0 Å². The van der Waals surface area contributed by atoms with Crippen LogP contribution in [0.5, 0.6) is 0 Å². The predicted octanol–water partition coefficient (Wildman–Crippen LogP) is 4.38. The number of halogens is 2. The van der Waals surface area contributed by atoms with Crippen LogP contribution in [0.1, 0.15) is 11.1 Å². The van der Waals surface area contributed by atoms with E-state index in [1.807, 2.05) is 23.4 Å². The van der Waals surface area contributed by atoms with Crippen molar-refractivity contribution in [2.24, 2.45) is 0 Å². The Morgan fingerprint density at radius 3 is 2.81 bits per heavy atom. The zero-order valence-electron chi connectivity index (χ0n) is 11.2. The second-order valence-electron chi connectivity index (χ2n) is 4.53. The third kappa shape index (κ3) is 4.68. The van der Waals surface area contributed by atoms with E-state index in [-0.39, 0.29) is 0 Å². The molecule has 3 nitrogen and oxygen atoms in total. The Hall–Kier alpha value is -1.66. The molecule has 0 saturated carbocycles. The molecule has 0 saturated heterocycles. The largest absolute Gasteiger partial charge is 0.478 e. The molecule has 1 heterocycles. The molecule has 0 fully saturated rings. The zero-order valence-corrected chi connectivity index (χ0v) is 13.6. The highest BCUT2D eigenvalue weighted by molar-refractivity contribution is 9.11. The second-order valence-corrected chi connectivity index (χ2v) is 6.82. The van der Waals surface area contributed by atoms with E-state index in [2.05, 4.69) is 15.9 Å². The standard InChI is InChI=1S/C15H13BrFNO2S/c1-18(8-11-6-14(16)21-9-11)13-5-10(2-3-15(19)20)4-12(17)7-13/h2-7,9H,8H2,1H3,(H,19,20)/b3-2+. The molecule has 110 valence electrons. The Kier molecular flexibility index (Phi) is 5.14. The van der Waals surface area contributed by atoms with Gasteiger partial charge < -0.3 is 10.0 Å². The maximum absolute atomic E-state index is 13.6. The highest BCUT2D eigenvalue weighted by Crippen LogP contribution is 2.24. The average Bonchev–Trinajstić information content (AvgIpc) is 2.81. The van der Waals surface area contributed by atoms with Crippen LogP contribution >= 0.6 is 27.3 Å². The smallest absolute Gasteiger partial charge is 0.328 e. The molecule has 2 rings (SSSR count). The van der Waals surface area contributed by atoms with Crippen LogP contribution in [-0.2, 0) is 11.3 Å². The predicted molar refractivity (Wildman–Crippen MR) is 87.2 cm³/mol. The van der Waals surface area contributed by atoms with Gasteiger partial charge in [-0.1, -0.05) is 0 Å². The molecule has 0 atom stereocenters. The van der Waals surface area contributed by atoms with Gasteiger partial charge in [-0.25, -0.2) is 9.18 Å². The van der Waals surface area contributed by atoms with E-state index >= 15 is 0 Å². The zero-order chi connectivity index (χ0) is 15.4. The third-order valence-corrected chi connectivity index (χ3v) is 4.36. The Labute approximate surface area is 134 Å². The van der Waals surface area contributed by atoms with Crippen molar-refractivity contribution in [3.8, 4) is 0 Å². The van der Waals surface area contributed by atoms with Crippen molar-refractivity contribution < 1.29 is 14.3 Å². The first-order valence-corrected chi connectivity index (χ1v) is 7.77. The van der Waals surface area contributed by atoms with E-state index in [4.69, 9.17) is 5.11 Å². The summed E-state index contributed by atoms with van der Waals surface area (Å²) in [6.45, 7) is 0.646. The molecule has 1 N–H and O–H groups in total. The number of hydrogen-bond donors (Lipinski definition) is 1. The molecule has 0 radical (unpaired) electrons. The van der Waals surface area contributed by atoms with E-state index in [9.17, 15) is 9.18 Å². The van der Waals surface area contributed by atoms with Crippen molar-refractivity contribution in [3.63, 3.8) is 0 Å². The number of anilines is 1. The van der Waals surface area contributed by atoms with Crippen LogP contribution in [0.3, 0.4) is 0 Å². The molecule has 6 heteroatoms. The van der Waals surface area contributed by atoms with E-state index in [0.29, 0.717) is 17.8 Å². The number of rotatable bonds is 5. The summed E-state index contributed by atoms with van der Waals surface area (Å²) in [6, 6.07) is 6.51. The Morgan fingerprint density at radius 2 is 2.19 bits per heavy atom. The maximum atomic E-state index is 13.6. The fraction of sp³-hybridized carbons (Fsp3) is 0.133. The minimum absolute atomic E-state index is 0.393. The highest BCUT2D eigenvalue weighted by atomic mass is 79.9. The van der Waals surface area contributed by atoms with Crippen molar-refractivity contribution >= 4 is 45.0 Å². The van der Waals surface area contributed by atoms with Crippen LogP contribution in [0, 0.1) is 5.82 Å². The van der Waals surface area contributed by atoms with Gasteiger partial charge in [0.15, 0.2) is 0 Å². The molecule has 0 amide bonds. The molecule has 21 heavy (non-hydrogen) atoms. The van der Waals surface area contributed by atoms with Crippen LogP contribution in [0.2, 0.25) is 0 Å². The topological polar surface area (TPSA) is 40.5 Å². The number of carboxylic acids is 1. The van der Waals surface area contributed by atoms with Crippen LogP contribution < -0.4 is 4.90 Å². The first kappa shape index (κ1) is 15.7. The van der Waals surface area contributed by atoms with E-state index in [1.54, 1.807) is 17.4 Å². The van der Waals surface area contributed by atoms with E-state index in [0.717, 1.165) is 15.4 Å². The number of aliphatic carboxylic acids is 1. The summed E-state index contributed by atoms with van der Waals surface area (Å²) in [6.07, 6.45) is 2.37. The normalized spacial score (nSPS) is 11.0. The number of thiophene rings is 1. The first-order valence-electron chi connectivity index (χ1n) is 6.09. The average molecular weight is 370 g/mol. The summed E-state index contributed by atoms with van der Waals surface area (Å²) in [5, 5.41) is 10.7. The highest BCUT2D eigenvalue weighted by Gasteiger charge is 2.07. The molecule has 0 aliphatic rings. The van der Waals surface area contributed by atoms with E-state index in [1.165, 1.54) is 18.2 Å². The minimum Gasteiger partial charge on any atom is -0.478 e. The lowest BCUT2D eigenvalue weighted by molar-refractivity contribution is -0.131. The molecule has 0 spiro atoms. The third-order valence-electron chi connectivity index (χ3n) is 2.81. The summed E-state index contributed by atoms with van der Waals surface area (Å²) in [5.41, 5.74) is 2.34.